The van der Waals surface area contributed by atoms with Crippen molar-refractivity contribution in [1.29, 1.82) is 0 Å². The number of rotatable bonds is 89. The number of ether oxygens (including phenoxy) is 8. The van der Waals surface area contributed by atoms with E-state index >= 15 is 0 Å². The average Bonchev–Trinajstić information content (AvgIpc) is 0.784. The van der Waals surface area contributed by atoms with Gasteiger partial charge in [0.05, 0.1) is 64.3 Å². The summed E-state index contributed by atoms with van der Waals surface area (Å²) in [5, 5.41) is 50.3. The average molecular weight is 1870 g/mol. The van der Waals surface area contributed by atoms with Crippen LogP contribution in [0.5, 0.6) is 0 Å². The Morgan fingerprint density at radius 1 is 0.305 bits per heavy atom. The number of hydrogen-bond donors (Lipinski definition) is 10. The highest BCUT2D eigenvalue weighted by Crippen LogP contribution is 2.44. The molecule has 2 rings (SSSR count). The van der Waals surface area contributed by atoms with E-state index in [1.807, 2.05) is 0 Å². The Bertz CT molecular complexity index is 2620. The Balaban J connectivity index is 2.79. The fourth-order valence-electron chi connectivity index (χ4n) is 17.3. The third kappa shape index (κ3) is 64.6. The van der Waals surface area contributed by atoms with E-state index in [4.69, 9.17) is 46.9 Å². The second kappa shape index (κ2) is 79.9. The fraction of sp³-hybridized carbons (Fsp3) is 0.939. The summed E-state index contributed by atoms with van der Waals surface area (Å²) >= 11 is 0. The Morgan fingerprint density at radius 2 is 0.531 bits per heavy atom. The standard InChI is InChI=1S/C98H186N2O26P2/c1-7-13-19-25-31-37-39-45-51-57-63-69-87(107)119-81(67-61-55-49-43-35-29-23-17-11-5)75-85(105)99-91-95(123-89(109)73-79(103)65-59-53-47-41-33-27-21-15-9-3)93(125-127(111,112)113)83(77-101)121-97(91)117-71-72-118-98-92(96(94(84(78-102)122-98)126-128(114,115)116)124-90(110)74-80(104)66-60-54-48-42-34-28-22-16-10-4)100-86(106)76-82(68-62-56-50-44-36-30-24-18-12-6)120-88(108)70-64-58-52-46-40-38-32-26-20-14-8-2/h79-84,91-98,101-104H,7-78H2,1-6H3,(H,99,105)(H,100,106)(H2,111,112,113)(H2,114,115,116)/t79-,80-,81-,82-,83-,84-,91-,92-,93-,94-,95-,96-,97-,98-/m1/s1. The van der Waals surface area contributed by atoms with Gasteiger partial charge in [-0.05, 0) is 51.4 Å². The van der Waals surface area contributed by atoms with Crippen molar-refractivity contribution in [3.8, 4) is 0 Å². The lowest BCUT2D eigenvalue weighted by atomic mass is 9.95. The van der Waals surface area contributed by atoms with E-state index in [1.165, 1.54) is 103 Å². The minimum absolute atomic E-state index is 0.113. The number of phosphoric ester groups is 2. The highest BCUT2D eigenvalue weighted by atomic mass is 31.2. The van der Waals surface area contributed by atoms with Gasteiger partial charge in [0.25, 0.3) is 0 Å². The molecule has 2 amide bonds. The molecule has 0 spiro atoms. The molecule has 0 radical (unpaired) electrons. The number of unbranched alkanes of at least 4 members (excludes halogenated alkanes) is 52. The maximum Gasteiger partial charge on any atom is 0.470 e. The Morgan fingerprint density at radius 3 is 0.766 bits per heavy atom. The molecule has 28 nitrogen and oxygen atoms in total. The van der Waals surface area contributed by atoms with Crippen LogP contribution in [0.15, 0.2) is 0 Å². The van der Waals surface area contributed by atoms with Gasteiger partial charge in [-0.1, -0.05) is 388 Å². The van der Waals surface area contributed by atoms with Crippen molar-refractivity contribution in [2.24, 2.45) is 0 Å². The molecule has 2 saturated heterocycles. The second-order valence-corrected chi connectivity index (χ2v) is 39.2. The van der Waals surface area contributed by atoms with Crippen molar-refractivity contribution in [1.82, 2.24) is 10.6 Å². The molecule has 0 unspecified atom stereocenters. The molecule has 754 valence electrons. The molecule has 14 atom stereocenters. The number of hydrogen-bond acceptors (Lipinski definition) is 22. The summed E-state index contributed by atoms with van der Waals surface area (Å²) in [7, 11) is -11.2. The number of aliphatic hydroxyl groups is 4. The lowest BCUT2D eigenvalue weighted by molar-refractivity contribution is -0.288. The molecular formula is C98H186N2O26P2. The smallest absolute Gasteiger partial charge is 0.462 e. The summed E-state index contributed by atoms with van der Waals surface area (Å²) in [6, 6.07) is -3.56. The molecule has 10 N–H and O–H groups in total. The summed E-state index contributed by atoms with van der Waals surface area (Å²) in [5.74, 6) is -4.75. The number of amides is 2. The van der Waals surface area contributed by atoms with Crippen LogP contribution >= 0.6 is 15.6 Å². The molecule has 0 aromatic carbocycles. The highest BCUT2D eigenvalue weighted by molar-refractivity contribution is 7.46. The van der Waals surface area contributed by atoms with Gasteiger partial charge >= 0.3 is 39.5 Å². The van der Waals surface area contributed by atoms with Crippen LogP contribution in [0.1, 0.15) is 478 Å². The van der Waals surface area contributed by atoms with Crippen molar-refractivity contribution in [3.05, 3.63) is 0 Å². The Hall–Kier alpha value is -3.28. The molecule has 0 saturated carbocycles. The quantitative estimate of drug-likeness (QED) is 0.0117. The van der Waals surface area contributed by atoms with Gasteiger partial charge in [0.1, 0.15) is 48.7 Å². The van der Waals surface area contributed by atoms with Gasteiger partial charge in [0.15, 0.2) is 24.8 Å². The molecule has 0 bridgehead atoms. The minimum atomic E-state index is -5.60. The van der Waals surface area contributed by atoms with Crippen molar-refractivity contribution < 1.29 is 125 Å². The molecule has 0 aromatic heterocycles. The number of phosphoric acid groups is 2. The predicted molar refractivity (Wildman–Crippen MR) is 501 cm³/mol. The van der Waals surface area contributed by atoms with Gasteiger partial charge in [-0.3, -0.25) is 37.8 Å². The summed E-state index contributed by atoms with van der Waals surface area (Å²) in [6.07, 6.45) is 39.0. The third-order valence-electron chi connectivity index (χ3n) is 24.7. The topological polar surface area (TPSA) is 415 Å². The van der Waals surface area contributed by atoms with Crippen LogP contribution in [0.3, 0.4) is 0 Å². The molecule has 2 aliphatic heterocycles. The summed E-state index contributed by atoms with van der Waals surface area (Å²) in [5.41, 5.74) is 0. The minimum Gasteiger partial charge on any atom is -0.462 e. The lowest BCUT2D eigenvalue weighted by Crippen LogP contribution is -2.67. The zero-order valence-corrected chi connectivity index (χ0v) is 82.6. The van der Waals surface area contributed by atoms with Gasteiger partial charge in [-0.25, -0.2) is 9.13 Å². The number of aliphatic hydroxyl groups excluding tert-OH is 4. The van der Waals surface area contributed by atoms with Crippen molar-refractivity contribution in [2.75, 3.05) is 26.4 Å². The van der Waals surface area contributed by atoms with E-state index in [0.29, 0.717) is 51.4 Å². The highest BCUT2D eigenvalue weighted by Gasteiger charge is 2.54. The van der Waals surface area contributed by atoms with Crippen molar-refractivity contribution in [3.63, 3.8) is 0 Å². The number of carbonyl (C=O) groups is 6. The number of nitrogens with one attached hydrogen (secondary N) is 2. The van der Waals surface area contributed by atoms with Gasteiger partial charge in [-0.15, -0.1) is 0 Å². The van der Waals surface area contributed by atoms with E-state index in [-0.39, 0.29) is 25.7 Å². The van der Waals surface area contributed by atoms with E-state index in [2.05, 4.69) is 52.2 Å². The summed E-state index contributed by atoms with van der Waals surface area (Å²) < 4.78 is 86.4. The summed E-state index contributed by atoms with van der Waals surface area (Å²) in [4.78, 5) is 128. The Labute approximate surface area is 773 Å². The zero-order chi connectivity index (χ0) is 93.9. The second-order valence-electron chi connectivity index (χ2n) is 36.8. The maximum atomic E-state index is 15.0. The SMILES string of the molecule is CCCCCCCCCCCCCC(=O)O[C@H](CCCCCCCCCCC)CC(=O)N[C@H]1[C@H](OCCO[C@@H]2O[C@H](CO)[C@@H](OP(=O)(O)O)[C@H](OC(=O)C[C@H](O)CCCCCCCCCCC)[C@H]2NC(=O)C[C@@H](CCCCCCCCCCC)OC(=O)CCCCCCCCCCCCC)O[C@H](CO)[C@@H](OP(=O)(O)O)[C@@H]1OC(=O)C[C@H](O)CCCCCCCCCCC. The molecule has 0 aromatic rings. The van der Waals surface area contributed by atoms with E-state index in [0.717, 1.165) is 231 Å². The zero-order valence-electron chi connectivity index (χ0n) is 80.8. The summed E-state index contributed by atoms with van der Waals surface area (Å²) in [6.45, 7) is 9.71. The van der Waals surface area contributed by atoms with Crippen molar-refractivity contribution in [2.45, 2.75) is 564 Å². The molecule has 30 heteroatoms. The van der Waals surface area contributed by atoms with Crippen LogP contribution in [0.4, 0.5) is 0 Å². The molecular weight excluding hydrogens is 1680 g/mol. The Kier molecular flexibility index (Phi) is 75.4. The number of carbonyl (C=O) groups excluding carboxylic acids is 6. The number of esters is 4. The van der Waals surface area contributed by atoms with E-state index < -0.39 is 189 Å². The molecule has 128 heavy (non-hydrogen) atoms. The first kappa shape index (κ1) is 121. The normalized spacial score (nSPS) is 20.0. The van der Waals surface area contributed by atoms with Crippen molar-refractivity contribution >= 4 is 51.3 Å². The largest absolute Gasteiger partial charge is 0.470 e. The first-order valence-corrected chi connectivity index (χ1v) is 54.9. The van der Waals surface area contributed by atoms with Crippen LogP contribution < -0.4 is 10.6 Å². The van der Waals surface area contributed by atoms with E-state index in [1.54, 1.807) is 0 Å². The third-order valence-corrected chi connectivity index (χ3v) is 25.8. The van der Waals surface area contributed by atoms with E-state index in [9.17, 15) is 77.9 Å². The van der Waals surface area contributed by atoms with Crippen LogP contribution in [-0.2, 0) is 84.8 Å². The van der Waals surface area contributed by atoms with Gasteiger partial charge in [0, 0.05) is 12.8 Å². The predicted octanol–water partition coefficient (Wildman–Crippen LogP) is 21.4. The molecule has 2 fully saturated rings. The monoisotopic (exact) mass is 1870 g/mol. The fourth-order valence-corrected chi connectivity index (χ4v) is 18.4. The molecule has 2 aliphatic rings. The van der Waals surface area contributed by atoms with Crippen LogP contribution in [0, 0.1) is 0 Å². The van der Waals surface area contributed by atoms with Crippen LogP contribution in [0.2, 0.25) is 0 Å². The molecule has 0 aliphatic carbocycles. The lowest BCUT2D eigenvalue weighted by Gasteiger charge is -2.46. The van der Waals surface area contributed by atoms with Gasteiger partial charge in [-0.2, -0.15) is 0 Å². The maximum absolute atomic E-state index is 15.0. The van der Waals surface area contributed by atoms with Gasteiger partial charge in [0.2, 0.25) is 11.8 Å². The molecule has 2 heterocycles. The van der Waals surface area contributed by atoms with Crippen LogP contribution in [-0.4, -0.2) is 188 Å². The van der Waals surface area contributed by atoms with Crippen LogP contribution in [0.25, 0.3) is 0 Å². The first-order valence-electron chi connectivity index (χ1n) is 51.8. The first-order chi connectivity index (χ1) is 61.8. The van der Waals surface area contributed by atoms with Gasteiger partial charge < -0.3 is 88.5 Å².